The van der Waals surface area contributed by atoms with E-state index < -0.39 is 22.0 Å². The first-order chi connectivity index (χ1) is 12.4. The molecule has 1 saturated heterocycles. The van der Waals surface area contributed by atoms with E-state index in [-0.39, 0.29) is 4.90 Å². The second-order valence-corrected chi connectivity index (χ2v) is 8.53. The lowest BCUT2D eigenvalue weighted by Crippen LogP contribution is -2.41. The van der Waals surface area contributed by atoms with Crippen molar-refractivity contribution in [3.05, 3.63) is 29.3 Å². The maximum absolute atomic E-state index is 13.2. The van der Waals surface area contributed by atoms with Crippen molar-refractivity contribution >= 4 is 22.3 Å². The Balaban J connectivity index is 2.25. The molecule has 0 aliphatic carbocycles. The molecule has 1 aliphatic heterocycles. The zero-order chi connectivity index (χ0) is 19.2. The van der Waals surface area contributed by atoms with E-state index in [0.29, 0.717) is 32.2 Å². The van der Waals surface area contributed by atoms with Gasteiger partial charge >= 0.3 is 5.97 Å². The molecule has 0 spiro atoms. The molecule has 0 amide bonds. The topological polar surface area (TPSA) is 80.8 Å². The number of unbranched alkanes of at least 4 members (excludes halogenated alkanes) is 3. The summed E-state index contributed by atoms with van der Waals surface area (Å²) < 4.78 is 32.5. The largest absolute Gasteiger partial charge is 0.468 e. The van der Waals surface area contributed by atoms with E-state index in [9.17, 15) is 18.0 Å². The molecule has 1 aromatic rings. The van der Waals surface area contributed by atoms with Gasteiger partial charge in [0, 0.05) is 13.0 Å². The van der Waals surface area contributed by atoms with Gasteiger partial charge in [-0.15, -0.1) is 0 Å². The summed E-state index contributed by atoms with van der Waals surface area (Å²) in [6.45, 7) is 2.26. The van der Waals surface area contributed by atoms with Gasteiger partial charge in [-0.2, -0.15) is 4.31 Å². The Hall–Kier alpha value is -1.73. The molecule has 144 valence electrons. The Labute approximate surface area is 155 Å². The minimum Gasteiger partial charge on any atom is -0.468 e. The van der Waals surface area contributed by atoms with Gasteiger partial charge in [-0.3, -0.25) is 4.79 Å². The number of methoxy groups -OCH3 is 1. The maximum Gasteiger partial charge on any atom is 0.324 e. The highest BCUT2D eigenvalue weighted by Crippen LogP contribution is 2.30. The third kappa shape index (κ3) is 4.71. The molecule has 26 heavy (non-hydrogen) atoms. The summed E-state index contributed by atoms with van der Waals surface area (Å²) in [7, 11) is -2.48. The average Bonchev–Trinajstić information content (AvgIpc) is 3.11. The number of esters is 1. The van der Waals surface area contributed by atoms with Crippen LogP contribution in [0.3, 0.4) is 0 Å². The fourth-order valence-electron chi connectivity index (χ4n) is 3.40. The van der Waals surface area contributed by atoms with Crippen LogP contribution in [0.1, 0.15) is 49.7 Å². The van der Waals surface area contributed by atoms with Crippen LogP contribution in [-0.4, -0.2) is 44.7 Å². The van der Waals surface area contributed by atoms with E-state index in [4.69, 9.17) is 4.74 Å². The molecular weight excluding hydrogens is 354 g/mol. The molecule has 0 unspecified atom stereocenters. The standard InChI is InChI=1S/C19H27NO5S/c1-15-10-11-18(16(14-15)8-5-3-4-6-13-21)26(23,24)20-12-7-9-17(20)19(22)25-2/h10-11,13-14,17H,3-9,12H2,1-2H3/t17-/m0/s1. The minimum atomic E-state index is -3.76. The van der Waals surface area contributed by atoms with Gasteiger partial charge in [-0.1, -0.05) is 24.1 Å². The van der Waals surface area contributed by atoms with Gasteiger partial charge < -0.3 is 9.53 Å². The molecule has 1 aromatic carbocycles. The molecule has 1 atom stereocenters. The van der Waals surface area contributed by atoms with Crippen molar-refractivity contribution in [2.75, 3.05) is 13.7 Å². The summed E-state index contributed by atoms with van der Waals surface area (Å²) in [6, 6.07) is 4.58. The Morgan fingerprint density at radius 1 is 1.31 bits per heavy atom. The normalized spacial score (nSPS) is 18.0. The molecule has 1 fully saturated rings. The summed E-state index contributed by atoms with van der Waals surface area (Å²) in [5.41, 5.74) is 1.77. The second-order valence-electron chi connectivity index (χ2n) is 6.67. The van der Waals surface area contributed by atoms with Gasteiger partial charge in [0.25, 0.3) is 0 Å². The van der Waals surface area contributed by atoms with Crippen molar-refractivity contribution in [2.45, 2.75) is 62.8 Å². The first-order valence-electron chi connectivity index (χ1n) is 9.04. The van der Waals surface area contributed by atoms with Crippen LogP contribution in [0.4, 0.5) is 0 Å². The predicted octanol–water partition coefficient (Wildman–Crippen LogP) is 2.62. The summed E-state index contributed by atoms with van der Waals surface area (Å²) in [5, 5.41) is 0. The maximum atomic E-state index is 13.2. The van der Waals surface area contributed by atoms with Crippen molar-refractivity contribution in [1.82, 2.24) is 4.31 Å². The summed E-state index contributed by atoms with van der Waals surface area (Å²) in [5.74, 6) is -0.506. The third-order valence-corrected chi connectivity index (χ3v) is 6.76. The van der Waals surface area contributed by atoms with Crippen molar-refractivity contribution in [3.63, 3.8) is 0 Å². The van der Waals surface area contributed by atoms with Crippen LogP contribution in [-0.2, 0) is 30.8 Å². The van der Waals surface area contributed by atoms with Crippen LogP contribution < -0.4 is 0 Å². The number of benzene rings is 1. The van der Waals surface area contributed by atoms with Crippen molar-refractivity contribution in [2.24, 2.45) is 0 Å². The number of carbonyl (C=O) groups excluding carboxylic acids is 2. The molecule has 0 N–H and O–H groups in total. The summed E-state index contributed by atoms with van der Waals surface area (Å²) in [6.07, 6.45) is 5.71. The van der Waals surface area contributed by atoms with Crippen LogP contribution in [0.15, 0.2) is 23.1 Å². The average molecular weight is 381 g/mol. The number of rotatable bonds is 9. The lowest BCUT2D eigenvalue weighted by Gasteiger charge is -2.23. The predicted molar refractivity (Wildman–Crippen MR) is 98.3 cm³/mol. The highest BCUT2D eigenvalue weighted by Gasteiger charge is 2.40. The van der Waals surface area contributed by atoms with E-state index >= 15 is 0 Å². The van der Waals surface area contributed by atoms with Crippen molar-refractivity contribution in [1.29, 1.82) is 0 Å². The number of aldehydes is 1. The third-order valence-electron chi connectivity index (χ3n) is 4.75. The molecular formula is C19H27NO5S. The number of hydrogen-bond donors (Lipinski definition) is 0. The zero-order valence-corrected chi connectivity index (χ0v) is 16.3. The number of sulfonamides is 1. The van der Waals surface area contributed by atoms with E-state index in [1.807, 2.05) is 13.0 Å². The molecule has 7 heteroatoms. The first kappa shape index (κ1) is 20.6. The number of carbonyl (C=O) groups is 2. The highest BCUT2D eigenvalue weighted by molar-refractivity contribution is 7.89. The lowest BCUT2D eigenvalue weighted by molar-refractivity contribution is -0.144. The minimum absolute atomic E-state index is 0.272. The van der Waals surface area contributed by atoms with Crippen LogP contribution in [0.5, 0.6) is 0 Å². The van der Waals surface area contributed by atoms with Gasteiger partial charge in [-0.05, 0) is 50.7 Å². The quantitative estimate of drug-likeness (QED) is 0.373. The molecule has 1 aliphatic rings. The zero-order valence-electron chi connectivity index (χ0n) is 15.4. The van der Waals surface area contributed by atoms with Crippen molar-refractivity contribution in [3.8, 4) is 0 Å². The smallest absolute Gasteiger partial charge is 0.324 e. The molecule has 0 radical (unpaired) electrons. The van der Waals surface area contributed by atoms with Gasteiger partial charge in [0.1, 0.15) is 12.3 Å². The van der Waals surface area contributed by atoms with Gasteiger partial charge in [0.15, 0.2) is 0 Å². The molecule has 2 rings (SSSR count). The van der Waals surface area contributed by atoms with Crippen LogP contribution >= 0.6 is 0 Å². The SMILES string of the molecule is COC(=O)[C@@H]1CCCN1S(=O)(=O)c1ccc(C)cc1CCCCCC=O. The first-order valence-corrected chi connectivity index (χ1v) is 10.5. The van der Waals surface area contributed by atoms with E-state index in [2.05, 4.69) is 0 Å². The Kier molecular flexibility index (Phi) is 7.34. The molecule has 6 nitrogen and oxygen atoms in total. The Morgan fingerprint density at radius 3 is 2.77 bits per heavy atom. The number of aryl methyl sites for hydroxylation is 2. The number of ether oxygens (including phenoxy) is 1. The molecule has 1 heterocycles. The fourth-order valence-corrected chi connectivity index (χ4v) is 5.28. The van der Waals surface area contributed by atoms with E-state index in [1.54, 1.807) is 12.1 Å². The second kappa shape index (κ2) is 9.28. The van der Waals surface area contributed by atoms with Crippen molar-refractivity contribution < 1.29 is 22.7 Å². The van der Waals surface area contributed by atoms with E-state index in [1.165, 1.54) is 11.4 Å². The summed E-state index contributed by atoms with van der Waals surface area (Å²) >= 11 is 0. The van der Waals surface area contributed by atoms with Gasteiger partial charge in [0.05, 0.1) is 12.0 Å². The van der Waals surface area contributed by atoms with Crippen LogP contribution in [0, 0.1) is 6.92 Å². The van der Waals surface area contributed by atoms with Gasteiger partial charge in [0.2, 0.25) is 10.0 Å². The molecule has 0 saturated carbocycles. The monoisotopic (exact) mass is 381 g/mol. The van der Waals surface area contributed by atoms with E-state index in [0.717, 1.165) is 36.7 Å². The molecule has 0 aromatic heterocycles. The lowest BCUT2D eigenvalue weighted by atomic mass is 10.0. The number of nitrogens with zero attached hydrogens (tertiary/aromatic N) is 1. The van der Waals surface area contributed by atoms with Crippen LogP contribution in [0.2, 0.25) is 0 Å². The highest BCUT2D eigenvalue weighted by atomic mass is 32.2. The summed E-state index contributed by atoms with van der Waals surface area (Å²) in [4.78, 5) is 22.6. The Bertz CT molecular complexity index is 744. The Morgan fingerprint density at radius 2 is 2.08 bits per heavy atom. The van der Waals surface area contributed by atoms with Crippen LogP contribution in [0.25, 0.3) is 0 Å². The fraction of sp³-hybridized carbons (Fsp3) is 0.579. The number of hydrogen-bond acceptors (Lipinski definition) is 5. The van der Waals surface area contributed by atoms with Gasteiger partial charge in [-0.25, -0.2) is 8.42 Å². The molecule has 0 bridgehead atoms.